The molecule has 0 fully saturated rings. The van der Waals surface area contributed by atoms with Gasteiger partial charge in [-0.15, -0.1) is 0 Å². The first-order valence-electron chi connectivity index (χ1n) is 16.3. The van der Waals surface area contributed by atoms with E-state index < -0.39 is 0 Å². The molecule has 1 amide bonds. The number of methoxy groups -OCH3 is 1. The Morgan fingerprint density at radius 1 is 0.929 bits per heavy atom. The standard InChI is InChI=1S/C36H51N3O3/c1-27(2)15-7-4-5-8-20-35(40)38-26-28-21-22-33(34(25-28)41-3)42-24-14-6-13-23-37-36-29-16-9-11-18-31(29)39-32-19-12-10-17-30(32)36/h9,11,16,18,21-22,25,27H,4-8,10,12-15,17,19-20,23-24,26H2,1-3H3,(H,37,39)(H,38,40). The molecule has 1 heterocycles. The maximum absolute atomic E-state index is 12.3. The zero-order chi connectivity index (χ0) is 29.6. The second kappa shape index (κ2) is 17.0. The number of fused-ring (bicyclic) bond motifs is 2. The van der Waals surface area contributed by atoms with Gasteiger partial charge in [-0.3, -0.25) is 9.78 Å². The largest absolute Gasteiger partial charge is 0.493 e. The molecule has 1 aliphatic rings. The average Bonchev–Trinajstić information content (AvgIpc) is 3.00. The number of pyridine rings is 1. The number of nitrogens with zero attached hydrogens (tertiary/aromatic N) is 1. The molecule has 0 unspecified atom stereocenters. The molecule has 0 atom stereocenters. The quantitative estimate of drug-likeness (QED) is 0.150. The van der Waals surface area contributed by atoms with Crippen molar-refractivity contribution in [3.8, 4) is 11.5 Å². The first kappa shape index (κ1) is 31.7. The lowest BCUT2D eigenvalue weighted by molar-refractivity contribution is -0.121. The topological polar surface area (TPSA) is 72.5 Å². The molecule has 1 aliphatic carbocycles. The molecule has 2 aromatic carbocycles. The van der Waals surface area contributed by atoms with Crippen LogP contribution in [0.5, 0.6) is 11.5 Å². The minimum absolute atomic E-state index is 0.115. The summed E-state index contributed by atoms with van der Waals surface area (Å²) in [6.45, 7) is 6.63. The summed E-state index contributed by atoms with van der Waals surface area (Å²) >= 11 is 0. The number of amides is 1. The Morgan fingerprint density at radius 3 is 2.60 bits per heavy atom. The van der Waals surface area contributed by atoms with Crippen molar-refractivity contribution in [3.05, 3.63) is 59.3 Å². The van der Waals surface area contributed by atoms with E-state index in [1.807, 2.05) is 18.2 Å². The maximum atomic E-state index is 12.3. The van der Waals surface area contributed by atoms with Gasteiger partial charge >= 0.3 is 0 Å². The number of aryl methyl sites for hydroxylation is 1. The average molecular weight is 574 g/mol. The van der Waals surface area contributed by atoms with E-state index in [1.54, 1.807) is 7.11 Å². The fourth-order valence-corrected chi connectivity index (χ4v) is 5.80. The number of unbranched alkanes of at least 4 members (excludes halogenated alkanes) is 5. The number of para-hydroxylation sites is 1. The maximum Gasteiger partial charge on any atom is 0.220 e. The van der Waals surface area contributed by atoms with Crippen LogP contribution in [0.2, 0.25) is 0 Å². The van der Waals surface area contributed by atoms with Crippen LogP contribution in [0.3, 0.4) is 0 Å². The Bertz CT molecular complexity index is 1270. The summed E-state index contributed by atoms with van der Waals surface area (Å²) < 4.78 is 11.6. The monoisotopic (exact) mass is 573 g/mol. The Balaban J connectivity index is 1.14. The van der Waals surface area contributed by atoms with Crippen molar-refractivity contribution in [2.45, 2.75) is 104 Å². The molecule has 228 valence electrons. The molecule has 2 N–H and O–H groups in total. The van der Waals surface area contributed by atoms with E-state index in [0.29, 0.717) is 25.3 Å². The molecule has 4 rings (SSSR count). The van der Waals surface area contributed by atoms with Crippen LogP contribution in [-0.2, 0) is 24.2 Å². The van der Waals surface area contributed by atoms with Crippen LogP contribution in [-0.4, -0.2) is 31.2 Å². The minimum atomic E-state index is 0.115. The molecule has 0 saturated heterocycles. The Hall–Kier alpha value is -3.28. The summed E-state index contributed by atoms with van der Waals surface area (Å²) in [5.74, 6) is 2.34. The lowest BCUT2D eigenvalue weighted by Gasteiger charge is -2.21. The highest BCUT2D eigenvalue weighted by atomic mass is 16.5. The van der Waals surface area contributed by atoms with Crippen molar-refractivity contribution < 1.29 is 14.3 Å². The van der Waals surface area contributed by atoms with Crippen LogP contribution in [0.1, 0.15) is 101 Å². The number of rotatable bonds is 18. The number of aromatic nitrogens is 1. The van der Waals surface area contributed by atoms with Crippen LogP contribution in [0.4, 0.5) is 5.69 Å². The van der Waals surface area contributed by atoms with Crippen LogP contribution >= 0.6 is 0 Å². The highest BCUT2D eigenvalue weighted by molar-refractivity contribution is 5.93. The van der Waals surface area contributed by atoms with Crippen LogP contribution < -0.4 is 20.1 Å². The van der Waals surface area contributed by atoms with Crippen LogP contribution in [0, 0.1) is 5.92 Å². The van der Waals surface area contributed by atoms with Gasteiger partial charge in [0.05, 0.1) is 19.2 Å². The Morgan fingerprint density at radius 2 is 1.74 bits per heavy atom. The zero-order valence-corrected chi connectivity index (χ0v) is 26.1. The molecule has 42 heavy (non-hydrogen) atoms. The van der Waals surface area contributed by atoms with Crippen molar-refractivity contribution >= 4 is 22.5 Å². The third kappa shape index (κ3) is 9.64. The summed E-state index contributed by atoms with van der Waals surface area (Å²) in [4.78, 5) is 17.2. The number of anilines is 1. The summed E-state index contributed by atoms with van der Waals surface area (Å²) in [5.41, 5.74) is 6.11. The summed E-state index contributed by atoms with van der Waals surface area (Å²) in [7, 11) is 1.66. The van der Waals surface area contributed by atoms with Crippen molar-refractivity contribution in [1.29, 1.82) is 0 Å². The molecular formula is C36H51N3O3. The first-order chi connectivity index (χ1) is 20.5. The van der Waals surface area contributed by atoms with Crippen molar-refractivity contribution in [1.82, 2.24) is 10.3 Å². The van der Waals surface area contributed by atoms with E-state index >= 15 is 0 Å². The van der Waals surface area contributed by atoms with Gasteiger partial charge in [0.15, 0.2) is 11.5 Å². The van der Waals surface area contributed by atoms with Gasteiger partial charge in [0.2, 0.25) is 5.91 Å². The molecule has 0 saturated carbocycles. The van der Waals surface area contributed by atoms with Gasteiger partial charge in [-0.1, -0.05) is 63.8 Å². The fourth-order valence-electron chi connectivity index (χ4n) is 5.80. The molecular weight excluding hydrogens is 522 g/mol. The second-order valence-electron chi connectivity index (χ2n) is 12.1. The lowest BCUT2D eigenvalue weighted by atomic mass is 9.92. The number of hydrogen-bond donors (Lipinski definition) is 2. The van der Waals surface area contributed by atoms with E-state index in [9.17, 15) is 4.79 Å². The van der Waals surface area contributed by atoms with E-state index in [1.165, 1.54) is 54.4 Å². The summed E-state index contributed by atoms with van der Waals surface area (Å²) in [6.07, 6.45) is 14.3. The second-order valence-corrected chi connectivity index (χ2v) is 12.1. The molecule has 6 heteroatoms. The predicted molar refractivity (Wildman–Crippen MR) is 174 cm³/mol. The molecule has 0 bridgehead atoms. The molecule has 3 aromatic rings. The first-order valence-corrected chi connectivity index (χ1v) is 16.3. The van der Waals surface area contributed by atoms with Gasteiger partial charge < -0.3 is 20.1 Å². The molecule has 6 nitrogen and oxygen atoms in total. The van der Waals surface area contributed by atoms with Gasteiger partial charge in [-0.05, 0) is 86.6 Å². The molecule has 0 aliphatic heterocycles. The highest BCUT2D eigenvalue weighted by Crippen LogP contribution is 2.33. The SMILES string of the molecule is COc1cc(CNC(=O)CCCCCCC(C)C)ccc1OCCCCCNc1c2c(nc3ccccc13)CCCC2. The smallest absolute Gasteiger partial charge is 0.220 e. The van der Waals surface area contributed by atoms with Gasteiger partial charge in [0, 0.05) is 36.3 Å². The van der Waals surface area contributed by atoms with E-state index in [-0.39, 0.29) is 5.91 Å². The third-order valence-corrected chi connectivity index (χ3v) is 8.20. The van der Waals surface area contributed by atoms with E-state index in [4.69, 9.17) is 14.5 Å². The molecule has 0 spiro atoms. The summed E-state index contributed by atoms with van der Waals surface area (Å²) in [5, 5.41) is 8.04. The van der Waals surface area contributed by atoms with Crippen molar-refractivity contribution in [2.75, 3.05) is 25.6 Å². The van der Waals surface area contributed by atoms with Gasteiger partial charge in [-0.2, -0.15) is 0 Å². The lowest BCUT2D eigenvalue weighted by Crippen LogP contribution is -2.22. The highest BCUT2D eigenvalue weighted by Gasteiger charge is 2.17. The predicted octanol–water partition coefficient (Wildman–Crippen LogP) is 8.40. The van der Waals surface area contributed by atoms with E-state index in [0.717, 1.165) is 74.2 Å². The van der Waals surface area contributed by atoms with Crippen molar-refractivity contribution in [2.24, 2.45) is 5.92 Å². The van der Waals surface area contributed by atoms with Crippen LogP contribution in [0.25, 0.3) is 10.9 Å². The molecule has 0 radical (unpaired) electrons. The number of ether oxygens (including phenoxy) is 2. The zero-order valence-electron chi connectivity index (χ0n) is 26.1. The number of hydrogen-bond acceptors (Lipinski definition) is 5. The normalized spacial score (nSPS) is 12.8. The fraction of sp³-hybridized carbons (Fsp3) is 0.556. The van der Waals surface area contributed by atoms with E-state index in [2.05, 4.69) is 48.7 Å². The Labute approximate surface area is 253 Å². The number of benzene rings is 2. The number of carbonyl (C=O) groups is 1. The van der Waals surface area contributed by atoms with Gasteiger partial charge in [-0.25, -0.2) is 0 Å². The Kier molecular flexibility index (Phi) is 12.8. The number of nitrogens with one attached hydrogen (secondary N) is 2. The van der Waals surface area contributed by atoms with Crippen molar-refractivity contribution in [3.63, 3.8) is 0 Å². The third-order valence-electron chi connectivity index (χ3n) is 8.20. The van der Waals surface area contributed by atoms with Gasteiger partial charge in [0.1, 0.15) is 0 Å². The van der Waals surface area contributed by atoms with Crippen LogP contribution in [0.15, 0.2) is 42.5 Å². The number of carbonyl (C=O) groups excluding carboxylic acids is 1. The minimum Gasteiger partial charge on any atom is -0.493 e. The van der Waals surface area contributed by atoms with Gasteiger partial charge in [0.25, 0.3) is 0 Å². The summed E-state index contributed by atoms with van der Waals surface area (Å²) in [6, 6.07) is 14.4. The molecule has 1 aromatic heterocycles.